The molecule has 2 saturated heterocycles. The van der Waals surface area contributed by atoms with E-state index in [9.17, 15) is 9.59 Å². The van der Waals surface area contributed by atoms with Crippen molar-refractivity contribution < 1.29 is 9.59 Å². The average molecular weight is 368 g/mol. The van der Waals surface area contributed by atoms with Crippen LogP contribution < -0.4 is 10.6 Å². The molecule has 0 radical (unpaired) electrons. The lowest BCUT2D eigenvalue weighted by Crippen LogP contribution is -2.43. The zero-order valence-electron chi connectivity index (χ0n) is 13.4. The van der Waals surface area contributed by atoms with Crippen LogP contribution in [0.4, 0.5) is 5.69 Å². The van der Waals surface area contributed by atoms with Crippen LogP contribution in [0.5, 0.6) is 0 Å². The van der Waals surface area contributed by atoms with E-state index >= 15 is 0 Å². The molecule has 1 spiro atoms. The molecule has 3 heterocycles. The summed E-state index contributed by atoms with van der Waals surface area (Å²) in [6.45, 7) is 3.91. The van der Waals surface area contributed by atoms with Crippen LogP contribution in [0.3, 0.4) is 0 Å². The van der Waals surface area contributed by atoms with Gasteiger partial charge in [-0.3, -0.25) is 9.59 Å². The van der Waals surface area contributed by atoms with E-state index in [-0.39, 0.29) is 23.8 Å². The maximum Gasteiger partial charge on any atom is 0.237 e. The third kappa shape index (κ3) is 2.25. The van der Waals surface area contributed by atoms with Crippen LogP contribution in [0.2, 0.25) is 10.0 Å². The minimum absolute atomic E-state index is 0.00195. The Hall–Kier alpha value is -1.30. The molecule has 1 aromatic rings. The van der Waals surface area contributed by atoms with Crippen molar-refractivity contribution in [3.63, 3.8) is 0 Å². The second-order valence-corrected chi connectivity index (χ2v) is 7.81. The predicted octanol–water partition coefficient (Wildman–Crippen LogP) is 2.41. The number of amides is 2. The van der Waals surface area contributed by atoms with Gasteiger partial charge < -0.3 is 15.5 Å². The second kappa shape index (κ2) is 5.61. The van der Waals surface area contributed by atoms with Gasteiger partial charge in [0.15, 0.2) is 0 Å². The zero-order chi connectivity index (χ0) is 17.1. The van der Waals surface area contributed by atoms with Crippen molar-refractivity contribution in [1.29, 1.82) is 0 Å². The Morgan fingerprint density at radius 2 is 2.08 bits per heavy atom. The molecule has 0 aromatic heterocycles. The minimum Gasteiger partial charge on any atom is -0.341 e. The summed E-state index contributed by atoms with van der Waals surface area (Å²) in [7, 11) is 0. The maximum atomic E-state index is 12.8. The van der Waals surface area contributed by atoms with E-state index in [1.54, 1.807) is 12.1 Å². The van der Waals surface area contributed by atoms with Crippen LogP contribution in [0.15, 0.2) is 12.1 Å². The lowest BCUT2D eigenvalue weighted by atomic mass is 9.81. The normalized spacial score (nSPS) is 31.6. The van der Waals surface area contributed by atoms with E-state index in [1.807, 2.05) is 11.8 Å². The Morgan fingerprint density at radius 3 is 2.79 bits per heavy atom. The Balaban J connectivity index is 1.63. The Bertz CT molecular complexity index is 739. The first-order chi connectivity index (χ1) is 11.4. The number of carbonyl (C=O) groups excluding carboxylic acids is 2. The molecule has 1 aromatic carbocycles. The topological polar surface area (TPSA) is 61.4 Å². The number of carbonyl (C=O) groups is 2. The predicted molar refractivity (Wildman–Crippen MR) is 93.5 cm³/mol. The summed E-state index contributed by atoms with van der Waals surface area (Å²) >= 11 is 12.2. The van der Waals surface area contributed by atoms with Gasteiger partial charge in [0.1, 0.15) is 0 Å². The third-order valence-electron chi connectivity index (χ3n) is 5.68. The van der Waals surface area contributed by atoms with Gasteiger partial charge in [-0.2, -0.15) is 0 Å². The van der Waals surface area contributed by atoms with Crippen molar-refractivity contribution in [3.05, 3.63) is 27.7 Å². The molecule has 4 rings (SSSR count). The molecule has 0 aliphatic carbocycles. The molecule has 128 valence electrons. The molecule has 3 aliphatic rings. The van der Waals surface area contributed by atoms with Gasteiger partial charge in [-0.1, -0.05) is 23.2 Å². The fourth-order valence-corrected chi connectivity index (χ4v) is 4.57. The zero-order valence-corrected chi connectivity index (χ0v) is 14.9. The van der Waals surface area contributed by atoms with Crippen LogP contribution in [0.25, 0.3) is 0 Å². The number of hydrogen-bond donors (Lipinski definition) is 2. The molecule has 7 heteroatoms. The quantitative estimate of drug-likeness (QED) is 0.801. The molecule has 3 aliphatic heterocycles. The van der Waals surface area contributed by atoms with E-state index in [1.165, 1.54) is 0 Å². The number of hydrogen-bond acceptors (Lipinski definition) is 3. The van der Waals surface area contributed by atoms with Crippen LogP contribution in [-0.4, -0.2) is 42.4 Å². The summed E-state index contributed by atoms with van der Waals surface area (Å²) in [6.07, 6.45) is 1.47. The molecule has 2 fully saturated rings. The number of likely N-dealkylation sites (tertiary alicyclic amines) is 1. The van der Waals surface area contributed by atoms with Gasteiger partial charge in [0.2, 0.25) is 11.8 Å². The van der Waals surface area contributed by atoms with Gasteiger partial charge in [-0.15, -0.1) is 0 Å². The summed E-state index contributed by atoms with van der Waals surface area (Å²) in [5.41, 5.74) is 0.864. The summed E-state index contributed by atoms with van der Waals surface area (Å²) in [5.74, 6) is 0.0762. The fourth-order valence-electron chi connectivity index (χ4n) is 4.24. The molecule has 0 bridgehead atoms. The van der Waals surface area contributed by atoms with Crippen molar-refractivity contribution in [2.75, 3.05) is 25.0 Å². The number of rotatable bonds is 1. The number of nitrogens with one attached hydrogen (secondary N) is 2. The van der Waals surface area contributed by atoms with E-state index in [2.05, 4.69) is 10.6 Å². The molecule has 2 N–H and O–H groups in total. The highest BCUT2D eigenvalue weighted by Gasteiger charge is 2.53. The molecule has 3 atom stereocenters. The van der Waals surface area contributed by atoms with E-state index in [0.29, 0.717) is 35.2 Å². The number of benzene rings is 1. The van der Waals surface area contributed by atoms with Crippen molar-refractivity contribution in [1.82, 2.24) is 10.2 Å². The maximum absolute atomic E-state index is 12.8. The first-order valence-electron chi connectivity index (χ1n) is 8.25. The highest BCUT2D eigenvalue weighted by molar-refractivity contribution is 6.42. The smallest absolute Gasteiger partial charge is 0.237 e. The second-order valence-electron chi connectivity index (χ2n) is 7.00. The Kier molecular flexibility index (Phi) is 3.79. The molecular formula is C17H19Cl2N3O2. The van der Waals surface area contributed by atoms with E-state index in [0.717, 1.165) is 18.5 Å². The Morgan fingerprint density at radius 1 is 1.33 bits per heavy atom. The number of anilines is 1. The van der Waals surface area contributed by atoms with Gasteiger partial charge in [-0.05, 0) is 44.0 Å². The van der Waals surface area contributed by atoms with Gasteiger partial charge in [0.05, 0.1) is 21.4 Å². The van der Waals surface area contributed by atoms with Gasteiger partial charge in [0, 0.05) is 24.8 Å². The summed E-state index contributed by atoms with van der Waals surface area (Å²) < 4.78 is 0. The molecule has 5 nitrogen and oxygen atoms in total. The first-order valence-corrected chi connectivity index (χ1v) is 9.01. The van der Waals surface area contributed by atoms with Crippen molar-refractivity contribution in [3.8, 4) is 0 Å². The van der Waals surface area contributed by atoms with Crippen molar-refractivity contribution in [2.24, 2.45) is 5.92 Å². The molecule has 0 saturated carbocycles. The SMILES string of the molecule is C[C@@H]1NCC[C@H]1C(=O)N1CC[C@]2(C1)C(=O)Nc1cc(Cl)c(Cl)cc12. The summed E-state index contributed by atoms with van der Waals surface area (Å²) in [6, 6.07) is 3.65. The largest absolute Gasteiger partial charge is 0.341 e. The standard InChI is InChI=1S/C17H19Cl2N3O2/c1-9-10(2-4-20-9)15(23)22-5-3-17(8-22)11-6-12(18)13(19)7-14(11)21-16(17)24/h6-7,9-10,20H,2-5,8H2,1H3,(H,21,24)/t9-,10+,17+/m0/s1. The number of nitrogens with zero attached hydrogens (tertiary/aromatic N) is 1. The number of halogens is 2. The molecule has 2 amide bonds. The van der Waals surface area contributed by atoms with Crippen molar-refractivity contribution in [2.45, 2.75) is 31.2 Å². The summed E-state index contributed by atoms with van der Waals surface area (Å²) in [4.78, 5) is 27.4. The van der Waals surface area contributed by atoms with Gasteiger partial charge in [-0.25, -0.2) is 0 Å². The van der Waals surface area contributed by atoms with E-state index in [4.69, 9.17) is 23.2 Å². The van der Waals surface area contributed by atoms with Crippen LogP contribution >= 0.6 is 23.2 Å². The molecular weight excluding hydrogens is 349 g/mol. The van der Waals surface area contributed by atoms with Crippen LogP contribution in [0, 0.1) is 5.92 Å². The lowest BCUT2D eigenvalue weighted by Gasteiger charge is -2.25. The molecule has 24 heavy (non-hydrogen) atoms. The minimum atomic E-state index is -0.700. The number of fused-ring (bicyclic) bond motifs is 2. The van der Waals surface area contributed by atoms with Crippen LogP contribution in [-0.2, 0) is 15.0 Å². The average Bonchev–Trinajstić information content (AvgIpc) is 3.22. The Labute approximate surface area is 150 Å². The van der Waals surface area contributed by atoms with Gasteiger partial charge >= 0.3 is 0 Å². The lowest BCUT2D eigenvalue weighted by molar-refractivity contribution is -0.135. The fraction of sp³-hybridized carbons (Fsp3) is 0.529. The van der Waals surface area contributed by atoms with Crippen molar-refractivity contribution >= 4 is 40.7 Å². The first kappa shape index (κ1) is 16.2. The van der Waals surface area contributed by atoms with E-state index < -0.39 is 5.41 Å². The highest BCUT2D eigenvalue weighted by Crippen LogP contribution is 2.47. The third-order valence-corrected chi connectivity index (χ3v) is 6.40. The monoisotopic (exact) mass is 367 g/mol. The van der Waals surface area contributed by atoms with Crippen LogP contribution in [0.1, 0.15) is 25.3 Å². The molecule has 0 unspecified atom stereocenters. The highest BCUT2D eigenvalue weighted by atomic mass is 35.5. The van der Waals surface area contributed by atoms with Gasteiger partial charge in [0.25, 0.3) is 0 Å². The summed E-state index contributed by atoms with van der Waals surface area (Å²) in [5, 5.41) is 7.07.